The fourth-order valence-corrected chi connectivity index (χ4v) is 2.23. The Bertz CT molecular complexity index is 440. The molecule has 0 spiro atoms. The summed E-state index contributed by atoms with van der Waals surface area (Å²) in [5.41, 5.74) is 0.963. The van der Waals surface area contributed by atoms with E-state index in [0.717, 1.165) is 5.56 Å². The smallest absolute Gasteiger partial charge is 0.310 e. The van der Waals surface area contributed by atoms with E-state index in [1.54, 1.807) is 6.92 Å². The lowest BCUT2D eigenvalue weighted by Crippen LogP contribution is -2.25. The Labute approximate surface area is 106 Å². The van der Waals surface area contributed by atoms with Gasteiger partial charge >= 0.3 is 11.9 Å². The Kier molecular flexibility index (Phi) is 3.65. The van der Waals surface area contributed by atoms with Gasteiger partial charge in [0.2, 0.25) is 0 Å². The first-order chi connectivity index (χ1) is 8.63. The Morgan fingerprint density at radius 1 is 1.39 bits per heavy atom. The third kappa shape index (κ3) is 2.37. The maximum Gasteiger partial charge on any atom is 0.310 e. The molecule has 1 aliphatic rings. The topological polar surface area (TPSA) is 52.6 Å². The summed E-state index contributed by atoms with van der Waals surface area (Å²) < 4.78 is 10.00. The number of carbonyl (C=O) groups excluding carboxylic acids is 2. The lowest BCUT2D eigenvalue weighted by molar-refractivity contribution is -0.154. The Morgan fingerprint density at radius 3 is 2.67 bits per heavy atom. The predicted molar refractivity (Wildman–Crippen MR) is 64.6 cm³/mol. The normalized spacial score (nSPS) is 24.4. The van der Waals surface area contributed by atoms with E-state index in [1.165, 1.54) is 7.11 Å². The molecule has 0 amide bonds. The fourth-order valence-electron chi connectivity index (χ4n) is 2.23. The summed E-state index contributed by atoms with van der Waals surface area (Å²) >= 11 is 0. The highest BCUT2D eigenvalue weighted by atomic mass is 16.6. The zero-order valence-electron chi connectivity index (χ0n) is 10.5. The van der Waals surface area contributed by atoms with Crippen molar-refractivity contribution in [2.45, 2.75) is 19.4 Å². The average Bonchev–Trinajstić information content (AvgIpc) is 2.80. The second-order valence-corrected chi connectivity index (χ2v) is 4.49. The maximum atomic E-state index is 11.8. The molecule has 0 N–H and O–H groups in total. The van der Waals surface area contributed by atoms with Crippen LogP contribution < -0.4 is 0 Å². The highest BCUT2D eigenvalue weighted by molar-refractivity contribution is 5.83. The molecule has 1 fully saturated rings. The third-order valence-corrected chi connectivity index (χ3v) is 3.38. The molecule has 4 heteroatoms. The fraction of sp³-hybridized carbons (Fsp3) is 0.429. The molecule has 0 radical (unpaired) electrons. The number of benzene rings is 1. The van der Waals surface area contributed by atoms with Crippen LogP contribution in [0.25, 0.3) is 0 Å². The van der Waals surface area contributed by atoms with Gasteiger partial charge in [0, 0.05) is 6.42 Å². The van der Waals surface area contributed by atoms with Gasteiger partial charge in [-0.2, -0.15) is 0 Å². The molecule has 1 aromatic carbocycles. The summed E-state index contributed by atoms with van der Waals surface area (Å²) in [7, 11) is 1.33. The van der Waals surface area contributed by atoms with Crippen LogP contribution in [-0.2, 0) is 19.1 Å². The number of cyclic esters (lactones) is 1. The van der Waals surface area contributed by atoms with Crippen LogP contribution in [0.2, 0.25) is 0 Å². The standard InChI is InChI=1S/C14H16O4/c1-9(13(15)17-2)11-8-12(18-14(11)16)10-6-4-3-5-7-10/h3-7,9,11-12H,8H2,1-2H3/t9-,11+,12-/m0/s1. The van der Waals surface area contributed by atoms with Crippen LogP contribution >= 0.6 is 0 Å². The lowest BCUT2D eigenvalue weighted by atomic mass is 9.89. The molecule has 2 rings (SSSR count). The van der Waals surface area contributed by atoms with Crippen LogP contribution in [-0.4, -0.2) is 19.0 Å². The van der Waals surface area contributed by atoms with Crippen LogP contribution in [0.15, 0.2) is 30.3 Å². The number of carbonyl (C=O) groups is 2. The van der Waals surface area contributed by atoms with E-state index in [2.05, 4.69) is 4.74 Å². The van der Waals surface area contributed by atoms with E-state index in [9.17, 15) is 9.59 Å². The van der Waals surface area contributed by atoms with Gasteiger partial charge in [0.1, 0.15) is 6.10 Å². The number of rotatable bonds is 3. The van der Waals surface area contributed by atoms with Crippen LogP contribution in [0, 0.1) is 11.8 Å². The molecule has 1 heterocycles. The van der Waals surface area contributed by atoms with Crippen molar-refractivity contribution >= 4 is 11.9 Å². The monoisotopic (exact) mass is 248 g/mol. The van der Waals surface area contributed by atoms with E-state index in [-0.39, 0.29) is 18.0 Å². The summed E-state index contributed by atoms with van der Waals surface area (Å²) in [5.74, 6) is -1.56. The molecule has 1 saturated heterocycles. The molecule has 0 saturated carbocycles. The van der Waals surface area contributed by atoms with E-state index in [1.807, 2.05) is 30.3 Å². The largest absolute Gasteiger partial charge is 0.469 e. The highest BCUT2D eigenvalue weighted by Gasteiger charge is 2.41. The van der Waals surface area contributed by atoms with Gasteiger partial charge in [-0.25, -0.2) is 0 Å². The molecule has 1 aromatic rings. The molecule has 3 atom stereocenters. The van der Waals surface area contributed by atoms with Crippen LogP contribution in [0.4, 0.5) is 0 Å². The molecule has 0 aliphatic carbocycles. The van der Waals surface area contributed by atoms with E-state index in [0.29, 0.717) is 6.42 Å². The zero-order valence-corrected chi connectivity index (χ0v) is 10.5. The molecule has 0 aromatic heterocycles. The molecule has 96 valence electrons. The van der Waals surface area contributed by atoms with Gasteiger partial charge in [-0.05, 0) is 5.56 Å². The summed E-state index contributed by atoms with van der Waals surface area (Å²) in [4.78, 5) is 23.2. The van der Waals surface area contributed by atoms with Crippen molar-refractivity contribution in [1.29, 1.82) is 0 Å². The summed E-state index contributed by atoms with van der Waals surface area (Å²) in [6, 6.07) is 9.56. The quantitative estimate of drug-likeness (QED) is 0.769. The molecule has 0 unspecified atom stereocenters. The molecular weight excluding hydrogens is 232 g/mol. The highest BCUT2D eigenvalue weighted by Crippen LogP contribution is 2.37. The SMILES string of the molecule is COC(=O)[C@@H](C)[C@H]1C[C@@H](c2ccccc2)OC1=O. The molecule has 0 bridgehead atoms. The van der Waals surface area contributed by atoms with E-state index in [4.69, 9.17) is 4.74 Å². The van der Waals surface area contributed by atoms with Gasteiger partial charge in [-0.3, -0.25) is 9.59 Å². The van der Waals surface area contributed by atoms with Gasteiger partial charge in [0.25, 0.3) is 0 Å². The van der Waals surface area contributed by atoms with Crippen molar-refractivity contribution in [2.24, 2.45) is 11.8 Å². The van der Waals surface area contributed by atoms with Crippen LogP contribution in [0.1, 0.15) is 25.0 Å². The van der Waals surface area contributed by atoms with Crippen molar-refractivity contribution in [1.82, 2.24) is 0 Å². The number of esters is 2. The van der Waals surface area contributed by atoms with Gasteiger partial charge in [-0.1, -0.05) is 37.3 Å². The van der Waals surface area contributed by atoms with Gasteiger partial charge in [0.15, 0.2) is 0 Å². The molecule has 1 aliphatic heterocycles. The summed E-state index contributed by atoms with van der Waals surface area (Å²) in [5, 5.41) is 0. The molecular formula is C14H16O4. The molecule has 18 heavy (non-hydrogen) atoms. The average molecular weight is 248 g/mol. The number of methoxy groups -OCH3 is 1. The van der Waals surface area contributed by atoms with Gasteiger partial charge < -0.3 is 9.47 Å². The second kappa shape index (κ2) is 5.21. The van der Waals surface area contributed by atoms with Crippen molar-refractivity contribution in [3.05, 3.63) is 35.9 Å². The van der Waals surface area contributed by atoms with Crippen molar-refractivity contribution < 1.29 is 19.1 Å². The van der Waals surface area contributed by atoms with Crippen molar-refractivity contribution in [3.8, 4) is 0 Å². The summed E-state index contributed by atoms with van der Waals surface area (Å²) in [6.07, 6.45) is 0.273. The van der Waals surface area contributed by atoms with Crippen molar-refractivity contribution in [2.75, 3.05) is 7.11 Å². The van der Waals surface area contributed by atoms with Crippen LogP contribution in [0.5, 0.6) is 0 Å². The van der Waals surface area contributed by atoms with Crippen LogP contribution in [0.3, 0.4) is 0 Å². The minimum Gasteiger partial charge on any atom is -0.469 e. The predicted octanol–water partition coefficient (Wildman–Crippen LogP) is 2.10. The maximum absolute atomic E-state index is 11.8. The van der Waals surface area contributed by atoms with E-state index >= 15 is 0 Å². The van der Waals surface area contributed by atoms with Crippen molar-refractivity contribution in [3.63, 3.8) is 0 Å². The third-order valence-electron chi connectivity index (χ3n) is 3.38. The first kappa shape index (κ1) is 12.6. The Balaban J connectivity index is 2.10. The minimum atomic E-state index is -0.462. The number of hydrogen-bond acceptors (Lipinski definition) is 4. The zero-order chi connectivity index (χ0) is 13.1. The Hall–Kier alpha value is -1.84. The van der Waals surface area contributed by atoms with Gasteiger partial charge in [0.05, 0.1) is 18.9 Å². The first-order valence-electron chi connectivity index (χ1n) is 5.96. The number of ether oxygens (including phenoxy) is 2. The second-order valence-electron chi connectivity index (χ2n) is 4.49. The minimum absolute atomic E-state index is 0.254. The van der Waals surface area contributed by atoms with E-state index < -0.39 is 11.8 Å². The lowest BCUT2D eigenvalue weighted by Gasteiger charge is -2.12. The first-order valence-corrected chi connectivity index (χ1v) is 5.96. The number of hydrogen-bond donors (Lipinski definition) is 0. The summed E-state index contributed by atoms with van der Waals surface area (Å²) in [6.45, 7) is 1.70. The molecule has 4 nitrogen and oxygen atoms in total. The van der Waals surface area contributed by atoms with Gasteiger partial charge in [-0.15, -0.1) is 0 Å². The Morgan fingerprint density at radius 2 is 2.06 bits per heavy atom.